The Morgan fingerprint density at radius 1 is 1.24 bits per heavy atom. The Morgan fingerprint density at radius 3 is 2.86 bits per heavy atom. The Labute approximate surface area is 126 Å². The van der Waals surface area contributed by atoms with E-state index < -0.39 is 0 Å². The molecule has 3 rings (SSSR count). The summed E-state index contributed by atoms with van der Waals surface area (Å²) < 4.78 is 0. The zero-order chi connectivity index (χ0) is 14.7. The molecule has 1 aromatic rings. The summed E-state index contributed by atoms with van der Waals surface area (Å²) in [5.74, 6) is 0.520. The van der Waals surface area contributed by atoms with E-state index in [1.165, 1.54) is 12.0 Å². The van der Waals surface area contributed by atoms with Gasteiger partial charge in [0, 0.05) is 19.1 Å². The Kier molecular flexibility index (Phi) is 4.44. The Bertz CT molecular complexity index is 510. The Balaban J connectivity index is 1.61. The van der Waals surface area contributed by atoms with Crippen molar-refractivity contribution in [2.45, 2.75) is 44.6 Å². The van der Waals surface area contributed by atoms with Gasteiger partial charge in [0.1, 0.15) is 5.75 Å². The molecule has 1 heterocycles. The second kappa shape index (κ2) is 6.48. The number of nitrogens with zero attached hydrogens (tertiary/aromatic N) is 1. The lowest BCUT2D eigenvalue weighted by molar-refractivity contribution is -0.131. The lowest BCUT2D eigenvalue weighted by Crippen LogP contribution is -2.42. The van der Waals surface area contributed by atoms with E-state index in [0.717, 1.165) is 50.8 Å². The fourth-order valence-electron chi connectivity index (χ4n) is 3.46. The van der Waals surface area contributed by atoms with E-state index in [-0.39, 0.29) is 11.9 Å². The first-order chi connectivity index (χ1) is 10.2. The van der Waals surface area contributed by atoms with Crippen molar-refractivity contribution in [3.63, 3.8) is 0 Å². The highest BCUT2D eigenvalue weighted by atomic mass is 16.3. The lowest BCUT2D eigenvalue weighted by Gasteiger charge is -2.30. The first kappa shape index (κ1) is 14.4. The highest BCUT2D eigenvalue weighted by molar-refractivity contribution is 5.78. The monoisotopic (exact) mass is 288 g/mol. The SMILES string of the molecule is O=C(CNC1CCCc2ccc(O)cc21)N1CCCCC1. The Hall–Kier alpha value is -1.55. The van der Waals surface area contributed by atoms with Gasteiger partial charge in [0.2, 0.25) is 5.91 Å². The van der Waals surface area contributed by atoms with E-state index in [2.05, 4.69) is 5.32 Å². The molecular weight excluding hydrogens is 264 g/mol. The molecule has 114 valence electrons. The second-order valence-electron chi connectivity index (χ2n) is 6.15. The molecule has 21 heavy (non-hydrogen) atoms. The van der Waals surface area contributed by atoms with Crippen LogP contribution in [0.25, 0.3) is 0 Å². The molecule has 1 aliphatic heterocycles. The van der Waals surface area contributed by atoms with Crippen LogP contribution in [-0.4, -0.2) is 35.5 Å². The number of nitrogens with one attached hydrogen (secondary N) is 1. The van der Waals surface area contributed by atoms with Crippen LogP contribution in [0.4, 0.5) is 0 Å². The minimum absolute atomic E-state index is 0.189. The molecule has 2 aliphatic rings. The van der Waals surface area contributed by atoms with E-state index in [4.69, 9.17) is 0 Å². The fourth-order valence-corrected chi connectivity index (χ4v) is 3.46. The number of phenols is 1. The lowest BCUT2D eigenvalue weighted by atomic mass is 9.87. The van der Waals surface area contributed by atoms with Gasteiger partial charge in [0.15, 0.2) is 0 Å². The van der Waals surface area contributed by atoms with E-state index in [1.807, 2.05) is 17.0 Å². The van der Waals surface area contributed by atoms with Crippen molar-refractivity contribution >= 4 is 5.91 Å². The Morgan fingerprint density at radius 2 is 2.05 bits per heavy atom. The van der Waals surface area contributed by atoms with Gasteiger partial charge in [0.25, 0.3) is 0 Å². The highest BCUT2D eigenvalue weighted by Crippen LogP contribution is 2.31. The molecule has 1 unspecified atom stereocenters. The van der Waals surface area contributed by atoms with E-state index in [0.29, 0.717) is 12.3 Å². The van der Waals surface area contributed by atoms with Crippen LogP contribution >= 0.6 is 0 Å². The molecule has 4 heteroatoms. The molecule has 1 fully saturated rings. The average molecular weight is 288 g/mol. The topological polar surface area (TPSA) is 52.6 Å². The van der Waals surface area contributed by atoms with Gasteiger partial charge in [-0.1, -0.05) is 6.07 Å². The molecule has 1 aromatic carbocycles. The maximum Gasteiger partial charge on any atom is 0.236 e. The molecule has 2 N–H and O–H groups in total. The average Bonchev–Trinajstić information content (AvgIpc) is 2.53. The largest absolute Gasteiger partial charge is 0.508 e. The number of aryl methyl sites for hydroxylation is 1. The van der Waals surface area contributed by atoms with Gasteiger partial charge < -0.3 is 15.3 Å². The number of carbonyl (C=O) groups excluding carboxylic acids is 1. The quantitative estimate of drug-likeness (QED) is 0.898. The van der Waals surface area contributed by atoms with Gasteiger partial charge in [-0.3, -0.25) is 4.79 Å². The number of aromatic hydroxyl groups is 1. The predicted octanol–water partition coefficient (Wildman–Crippen LogP) is 2.37. The van der Waals surface area contributed by atoms with E-state index in [9.17, 15) is 9.90 Å². The minimum Gasteiger partial charge on any atom is -0.508 e. The van der Waals surface area contributed by atoms with Crippen LogP contribution in [0.15, 0.2) is 18.2 Å². The zero-order valence-electron chi connectivity index (χ0n) is 12.5. The van der Waals surface area contributed by atoms with Crippen molar-refractivity contribution in [2.75, 3.05) is 19.6 Å². The zero-order valence-corrected chi connectivity index (χ0v) is 12.5. The number of rotatable bonds is 3. The molecule has 1 atom stereocenters. The molecule has 0 aromatic heterocycles. The van der Waals surface area contributed by atoms with Crippen LogP contribution in [0.3, 0.4) is 0 Å². The van der Waals surface area contributed by atoms with Crippen molar-refractivity contribution in [3.8, 4) is 5.75 Å². The molecule has 0 saturated carbocycles. The molecule has 0 radical (unpaired) electrons. The van der Waals surface area contributed by atoms with Crippen LogP contribution in [0.2, 0.25) is 0 Å². The summed E-state index contributed by atoms with van der Waals surface area (Å²) in [6.07, 6.45) is 6.73. The summed E-state index contributed by atoms with van der Waals surface area (Å²) >= 11 is 0. The third-order valence-corrected chi connectivity index (χ3v) is 4.65. The number of piperidine rings is 1. The number of fused-ring (bicyclic) bond motifs is 1. The van der Waals surface area contributed by atoms with Crippen LogP contribution in [0.5, 0.6) is 5.75 Å². The number of hydrogen-bond donors (Lipinski definition) is 2. The van der Waals surface area contributed by atoms with Gasteiger partial charge in [-0.05, 0) is 61.8 Å². The molecule has 1 saturated heterocycles. The van der Waals surface area contributed by atoms with Crippen molar-refractivity contribution in [1.82, 2.24) is 10.2 Å². The van der Waals surface area contributed by atoms with E-state index in [1.54, 1.807) is 6.07 Å². The summed E-state index contributed by atoms with van der Waals surface area (Å²) in [5.41, 5.74) is 2.45. The first-order valence-corrected chi connectivity index (χ1v) is 8.07. The van der Waals surface area contributed by atoms with Gasteiger partial charge >= 0.3 is 0 Å². The normalized spacial score (nSPS) is 21.9. The maximum atomic E-state index is 12.2. The summed E-state index contributed by atoms with van der Waals surface area (Å²) in [7, 11) is 0. The molecular formula is C17H24N2O2. The van der Waals surface area contributed by atoms with Gasteiger partial charge in [-0.25, -0.2) is 0 Å². The smallest absolute Gasteiger partial charge is 0.236 e. The number of amides is 1. The van der Waals surface area contributed by atoms with Gasteiger partial charge in [-0.2, -0.15) is 0 Å². The summed E-state index contributed by atoms with van der Waals surface area (Å²) in [4.78, 5) is 14.2. The van der Waals surface area contributed by atoms with Crippen molar-refractivity contribution < 1.29 is 9.90 Å². The number of phenolic OH excluding ortho intramolecular Hbond substituents is 1. The van der Waals surface area contributed by atoms with Crippen molar-refractivity contribution in [1.29, 1.82) is 0 Å². The third-order valence-electron chi connectivity index (χ3n) is 4.65. The first-order valence-electron chi connectivity index (χ1n) is 8.07. The van der Waals surface area contributed by atoms with E-state index >= 15 is 0 Å². The highest BCUT2D eigenvalue weighted by Gasteiger charge is 2.22. The van der Waals surface area contributed by atoms with Gasteiger partial charge in [-0.15, -0.1) is 0 Å². The number of carbonyl (C=O) groups is 1. The van der Waals surface area contributed by atoms with Crippen LogP contribution in [0, 0.1) is 0 Å². The van der Waals surface area contributed by atoms with Crippen LogP contribution in [0.1, 0.15) is 49.3 Å². The molecule has 0 spiro atoms. The van der Waals surface area contributed by atoms with Crippen molar-refractivity contribution in [3.05, 3.63) is 29.3 Å². The summed E-state index contributed by atoms with van der Waals surface area (Å²) in [6.45, 7) is 2.21. The maximum absolute atomic E-state index is 12.2. The number of hydrogen-bond acceptors (Lipinski definition) is 3. The number of benzene rings is 1. The number of likely N-dealkylation sites (tertiary alicyclic amines) is 1. The molecule has 0 bridgehead atoms. The molecule has 1 amide bonds. The van der Waals surface area contributed by atoms with Crippen LogP contribution < -0.4 is 5.32 Å². The predicted molar refractivity (Wildman–Crippen MR) is 82.2 cm³/mol. The minimum atomic E-state index is 0.189. The molecule has 1 aliphatic carbocycles. The standard InChI is InChI=1S/C17H24N2O2/c20-14-8-7-13-5-4-6-16(15(13)11-14)18-12-17(21)19-9-2-1-3-10-19/h7-8,11,16,18,20H,1-6,9-10,12H2. The summed E-state index contributed by atoms with van der Waals surface area (Å²) in [6, 6.07) is 5.79. The fraction of sp³-hybridized carbons (Fsp3) is 0.588. The molecule has 4 nitrogen and oxygen atoms in total. The van der Waals surface area contributed by atoms with Crippen molar-refractivity contribution in [2.24, 2.45) is 0 Å². The third kappa shape index (κ3) is 3.38. The van der Waals surface area contributed by atoms with Crippen LogP contribution in [-0.2, 0) is 11.2 Å². The van der Waals surface area contributed by atoms with Gasteiger partial charge in [0.05, 0.1) is 6.54 Å². The summed E-state index contributed by atoms with van der Waals surface area (Å²) in [5, 5.41) is 13.1. The second-order valence-corrected chi connectivity index (χ2v) is 6.15.